The number of carbonyl (C=O) groups excluding carboxylic acids is 2. The number of thiazole rings is 1. The monoisotopic (exact) mass is 385 g/mol. The Balaban J connectivity index is 1.60. The van der Waals surface area contributed by atoms with Crippen LogP contribution >= 0.6 is 11.3 Å². The molecule has 138 valence electrons. The van der Waals surface area contributed by atoms with E-state index < -0.39 is 24.3 Å². The number of esters is 1. The molecule has 0 aliphatic rings. The molecule has 8 heteroatoms. The van der Waals surface area contributed by atoms with Crippen molar-refractivity contribution in [3.8, 4) is 11.3 Å². The predicted molar refractivity (Wildman–Crippen MR) is 102 cm³/mol. The number of aromatic nitrogens is 1. The standard InChI is InChI=1S/C19H16FN3O3S/c1-11-22-17(10-27-11)12-3-2-4-14(7-12)23-18(24)9-26-19(25)15-6-5-13(20)8-16(15)21/h2-8,10H,9,21H2,1H3,(H,23,24). The van der Waals surface area contributed by atoms with Gasteiger partial charge in [-0.2, -0.15) is 0 Å². The number of ether oxygens (including phenoxy) is 1. The summed E-state index contributed by atoms with van der Waals surface area (Å²) in [5, 5.41) is 5.54. The number of halogens is 1. The molecule has 3 N–H and O–H groups in total. The van der Waals surface area contributed by atoms with Crippen molar-refractivity contribution in [1.82, 2.24) is 4.98 Å². The minimum Gasteiger partial charge on any atom is -0.452 e. The summed E-state index contributed by atoms with van der Waals surface area (Å²) in [6.07, 6.45) is 0. The van der Waals surface area contributed by atoms with Crippen LogP contribution < -0.4 is 11.1 Å². The Kier molecular flexibility index (Phi) is 5.46. The van der Waals surface area contributed by atoms with Crippen LogP contribution in [-0.2, 0) is 9.53 Å². The maximum Gasteiger partial charge on any atom is 0.340 e. The second-order valence-corrected chi connectivity index (χ2v) is 6.75. The number of benzene rings is 2. The highest BCUT2D eigenvalue weighted by molar-refractivity contribution is 7.09. The summed E-state index contributed by atoms with van der Waals surface area (Å²) in [6, 6.07) is 10.5. The zero-order valence-electron chi connectivity index (χ0n) is 14.4. The van der Waals surface area contributed by atoms with Gasteiger partial charge in [0.2, 0.25) is 0 Å². The van der Waals surface area contributed by atoms with Gasteiger partial charge in [0.1, 0.15) is 5.82 Å². The van der Waals surface area contributed by atoms with Crippen molar-refractivity contribution in [2.75, 3.05) is 17.7 Å². The van der Waals surface area contributed by atoms with Gasteiger partial charge in [0.15, 0.2) is 6.61 Å². The fourth-order valence-corrected chi connectivity index (χ4v) is 3.00. The molecule has 0 aliphatic carbocycles. The molecule has 0 bridgehead atoms. The minimum atomic E-state index is -0.797. The summed E-state index contributed by atoms with van der Waals surface area (Å²) in [7, 11) is 0. The van der Waals surface area contributed by atoms with Gasteiger partial charge in [0.25, 0.3) is 5.91 Å². The van der Waals surface area contributed by atoms with E-state index in [4.69, 9.17) is 10.5 Å². The van der Waals surface area contributed by atoms with E-state index in [0.717, 1.165) is 28.4 Å². The third-order valence-electron chi connectivity index (χ3n) is 3.63. The minimum absolute atomic E-state index is 0.00472. The number of aryl methyl sites for hydroxylation is 1. The molecule has 1 aromatic heterocycles. The lowest BCUT2D eigenvalue weighted by Crippen LogP contribution is -2.21. The number of carbonyl (C=O) groups is 2. The number of nitrogen functional groups attached to an aromatic ring is 1. The predicted octanol–water partition coefficient (Wildman–Crippen LogP) is 3.64. The van der Waals surface area contributed by atoms with Crippen LogP contribution in [0.1, 0.15) is 15.4 Å². The average Bonchev–Trinajstić information content (AvgIpc) is 3.06. The van der Waals surface area contributed by atoms with Crippen molar-refractivity contribution in [3.05, 3.63) is 64.2 Å². The van der Waals surface area contributed by atoms with Gasteiger partial charge in [0, 0.05) is 22.3 Å². The number of nitrogens with zero attached hydrogens (tertiary/aromatic N) is 1. The Bertz CT molecular complexity index is 1000. The first-order chi connectivity index (χ1) is 12.9. The first-order valence-electron chi connectivity index (χ1n) is 7.97. The lowest BCUT2D eigenvalue weighted by molar-refractivity contribution is -0.119. The molecular formula is C19H16FN3O3S. The number of nitrogens with one attached hydrogen (secondary N) is 1. The Morgan fingerprint density at radius 1 is 1.26 bits per heavy atom. The number of anilines is 2. The van der Waals surface area contributed by atoms with E-state index in [0.29, 0.717) is 5.69 Å². The van der Waals surface area contributed by atoms with Gasteiger partial charge < -0.3 is 15.8 Å². The van der Waals surface area contributed by atoms with E-state index in [2.05, 4.69) is 10.3 Å². The highest BCUT2D eigenvalue weighted by Crippen LogP contribution is 2.24. The van der Waals surface area contributed by atoms with Gasteiger partial charge in [-0.15, -0.1) is 11.3 Å². The zero-order valence-corrected chi connectivity index (χ0v) is 15.2. The number of nitrogens with two attached hydrogens (primary N) is 1. The molecule has 0 radical (unpaired) electrons. The van der Waals surface area contributed by atoms with Crippen molar-refractivity contribution in [2.24, 2.45) is 0 Å². The molecule has 1 heterocycles. The van der Waals surface area contributed by atoms with Crippen LogP contribution in [0.4, 0.5) is 15.8 Å². The van der Waals surface area contributed by atoms with E-state index in [9.17, 15) is 14.0 Å². The van der Waals surface area contributed by atoms with Crippen LogP contribution in [0.5, 0.6) is 0 Å². The Labute approximate surface area is 158 Å². The van der Waals surface area contributed by atoms with Gasteiger partial charge >= 0.3 is 5.97 Å². The van der Waals surface area contributed by atoms with Crippen molar-refractivity contribution in [1.29, 1.82) is 0 Å². The van der Waals surface area contributed by atoms with E-state index in [-0.39, 0.29) is 11.3 Å². The molecule has 2 aromatic carbocycles. The van der Waals surface area contributed by atoms with Crippen LogP contribution in [0, 0.1) is 12.7 Å². The molecule has 0 atom stereocenters. The Hall–Kier alpha value is -3.26. The summed E-state index contributed by atoms with van der Waals surface area (Å²) >= 11 is 1.54. The smallest absolute Gasteiger partial charge is 0.340 e. The van der Waals surface area contributed by atoms with Crippen LogP contribution in [0.3, 0.4) is 0 Å². The van der Waals surface area contributed by atoms with Crippen LogP contribution in [-0.4, -0.2) is 23.5 Å². The Morgan fingerprint density at radius 3 is 2.78 bits per heavy atom. The van der Waals surface area contributed by atoms with E-state index in [1.54, 1.807) is 29.5 Å². The molecule has 27 heavy (non-hydrogen) atoms. The summed E-state index contributed by atoms with van der Waals surface area (Å²) in [5.41, 5.74) is 7.79. The highest BCUT2D eigenvalue weighted by Gasteiger charge is 2.14. The first kappa shape index (κ1) is 18.5. The van der Waals surface area contributed by atoms with Gasteiger partial charge in [-0.3, -0.25) is 4.79 Å². The molecule has 3 rings (SSSR count). The normalized spacial score (nSPS) is 10.4. The van der Waals surface area contributed by atoms with E-state index in [1.807, 2.05) is 18.4 Å². The lowest BCUT2D eigenvalue weighted by Gasteiger charge is -2.09. The average molecular weight is 385 g/mol. The van der Waals surface area contributed by atoms with E-state index >= 15 is 0 Å². The van der Waals surface area contributed by atoms with Crippen molar-refractivity contribution < 1.29 is 18.7 Å². The molecule has 0 unspecified atom stereocenters. The summed E-state index contributed by atoms with van der Waals surface area (Å²) in [4.78, 5) is 28.4. The molecule has 0 aliphatic heterocycles. The molecule has 0 saturated heterocycles. The topological polar surface area (TPSA) is 94.3 Å². The second-order valence-electron chi connectivity index (χ2n) is 5.69. The second kappa shape index (κ2) is 7.96. The quantitative estimate of drug-likeness (QED) is 0.517. The molecule has 0 fully saturated rings. The summed E-state index contributed by atoms with van der Waals surface area (Å²) in [5.74, 6) is -1.86. The van der Waals surface area contributed by atoms with Crippen LogP contribution in [0.2, 0.25) is 0 Å². The number of rotatable bonds is 5. The number of hydrogen-bond donors (Lipinski definition) is 2. The van der Waals surface area contributed by atoms with Gasteiger partial charge in [-0.05, 0) is 37.3 Å². The van der Waals surface area contributed by atoms with Crippen molar-refractivity contribution >= 4 is 34.6 Å². The maximum atomic E-state index is 13.0. The van der Waals surface area contributed by atoms with Crippen LogP contribution in [0.15, 0.2) is 47.8 Å². The molecule has 0 saturated carbocycles. The van der Waals surface area contributed by atoms with Gasteiger partial charge in [-0.25, -0.2) is 14.2 Å². The SMILES string of the molecule is Cc1nc(-c2cccc(NC(=O)COC(=O)c3ccc(F)cc3N)c2)cs1. The highest BCUT2D eigenvalue weighted by atomic mass is 32.1. The molecule has 6 nitrogen and oxygen atoms in total. The van der Waals surface area contributed by atoms with Crippen molar-refractivity contribution in [2.45, 2.75) is 6.92 Å². The largest absolute Gasteiger partial charge is 0.452 e. The summed E-state index contributed by atoms with van der Waals surface area (Å²) in [6.45, 7) is 1.43. The zero-order chi connectivity index (χ0) is 19.4. The fourth-order valence-electron chi connectivity index (χ4n) is 2.38. The molecule has 0 spiro atoms. The molecule has 1 amide bonds. The van der Waals surface area contributed by atoms with Gasteiger partial charge in [0.05, 0.1) is 16.3 Å². The third kappa shape index (κ3) is 4.68. The molecular weight excluding hydrogens is 369 g/mol. The number of hydrogen-bond acceptors (Lipinski definition) is 6. The molecule has 3 aromatic rings. The fraction of sp³-hybridized carbons (Fsp3) is 0.105. The Morgan fingerprint density at radius 2 is 2.07 bits per heavy atom. The number of amides is 1. The summed E-state index contributed by atoms with van der Waals surface area (Å²) < 4.78 is 18.0. The van der Waals surface area contributed by atoms with E-state index in [1.165, 1.54) is 6.07 Å². The first-order valence-corrected chi connectivity index (χ1v) is 8.85. The van der Waals surface area contributed by atoms with Crippen molar-refractivity contribution in [3.63, 3.8) is 0 Å². The van der Waals surface area contributed by atoms with Crippen LogP contribution in [0.25, 0.3) is 11.3 Å². The maximum absolute atomic E-state index is 13.0. The lowest BCUT2D eigenvalue weighted by atomic mass is 10.1. The van der Waals surface area contributed by atoms with Gasteiger partial charge in [-0.1, -0.05) is 12.1 Å². The third-order valence-corrected chi connectivity index (χ3v) is 4.40.